The van der Waals surface area contributed by atoms with Gasteiger partial charge in [0.25, 0.3) is 11.8 Å². The summed E-state index contributed by atoms with van der Waals surface area (Å²) in [5.74, 6) is -6.04. The smallest absolute Gasteiger partial charge is 0.338 e. The van der Waals surface area contributed by atoms with Gasteiger partial charge < -0.3 is 50.5 Å². The topological polar surface area (TPSA) is 224 Å². The lowest BCUT2D eigenvalue weighted by atomic mass is 10.0. The Labute approximate surface area is 350 Å². The maximum absolute atomic E-state index is 12.1. The standard InChI is InChI=1S/C18H14O8.2C14H20N2O/c19-15(20)13(25-17(23)11-7-3-1-4-8-11)14(16(21)22)26-18(24)12-9-5-2-6-10-12;2*1-10-6-5-7-11(2)13(10)16-14(17)12-8-3-4-9-15-12/h1-10,13-14H,(H,19,20)(H,21,22);2*5-7,12,15H,3-4,8-9H2,1-2H3,(H,16,17)/t13-,14-;2*12-/m100/s1. The highest BCUT2D eigenvalue weighted by atomic mass is 16.6. The summed E-state index contributed by atoms with van der Waals surface area (Å²) >= 11 is 0. The first-order valence-electron chi connectivity index (χ1n) is 20.1. The normalized spacial score (nSPS) is 16.7. The Morgan fingerprint density at radius 1 is 0.517 bits per heavy atom. The van der Waals surface area contributed by atoms with Crippen molar-refractivity contribution in [3.63, 3.8) is 0 Å². The van der Waals surface area contributed by atoms with E-state index in [1.165, 1.54) is 74.2 Å². The summed E-state index contributed by atoms with van der Waals surface area (Å²) in [7, 11) is 0. The zero-order valence-electron chi connectivity index (χ0n) is 34.4. The minimum atomic E-state index is -2.39. The van der Waals surface area contributed by atoms with Crippen LogP contribution in [0.25, 0.3) is 0 Å². The lowest BCUT2D eigenvalue weighted by molar-refractivity contribution is -0.684. The minimum Gasteiger partial charge on any atom is -0.546 e. The molecular weight excluding hydrogens is 769 g/mol. The van der Waals surface area contributed by atoms with E-state index in [4.69, 9.17) is 0 Å². The van der Waals surface area contributed by atoms with Gasteiger partial charge in [-0.3, -0.25) is 9.59 Å². The monoisotopic (exact) mass is 822 g/mol. The number of hydrogen-bond acceptors (Lipinski definition) is 10. The number of esters is 2. The van der Waals surface area contributed by atoms with Gasteiger partial charge in [0.05, 0.1) is 36.2 Å². The van der Waals surface area contributed by atoms with Crippen LogP contribution in [0.15, 0.2) is 97.1 Å². The molecule has 2 aliphatic heterocycles. The van der Waals surface area contributed by atoms with Gasteiger partial charge in [0.1, 0.15) is 0 Å². The molecule has 4 aromatic rings. The fraction of sp³-hybridized carbons (Fsp3) is 0.348. The van der Waals surface area contributed by atoms with Crippen LogP contribution in [-0.2, 0) is 28.7 Å². The maximum Gasteiger partial charge on any atom is 0.338 e. The van der Waals surface area contributed by atoms with Gasteiger partial charge >= 0.3 is 11.9 Å². The number of benzene rings is 4. The van der Waals surface area contributed by atoms with Gasteiger partial charge in [-0.15, -0.1) is 0 Å². The lowest BCUT2D eigenvalue weighted by Gasteiger charge is -2.28. The summed E-state index contributed by atoms with van der Waals surface area (Å²) in [4.78, 5) is 70.7. The molecule has 0 bridgehead atoms. The molecule has 14 heteroatoms. The number of aryl methyl sites for hydroxylation is 4. The summed E-state index contributed by atoms with van der Waals surface area (Å²) in [6.45, 7) is 10.3. The van der Waals surface area contributed by atoms with Crippen LogP contribution < -0.4 is 31.5 Å². The van der Waals surface area contributed by atoms with Crippen LogP contribution in [0.2, 0.25) is 0 Å². The molecule has 0 radical (unpaired) electrons. The van der Waals surface area contributed by atoms with Crippen LogP contribution in [-0.4, -0.2) is 73.1 Å². The number of para-hydroxylation sites is 2. The summed E-state index contributed by atoms with van der Waals surface area (Å²) in [6.07, 6.45) is 2.01. The van der Waals surface area contributed by atoms with Crippen LogP contribution >= 0.6 is 0 Å². The Bertz CT molecular complexity index is 1890. The highest BCUT2D eigenvalue weighted by molar-refractivity contribution is 5.96. The van der Waals surface area contributed by atoms with E-state index in [1.54, 1.807) is 12.1 Å². The number of carbonyl (C=O) groups excluding carboxylic acids is 6. The van der Waals surface area contributed by atoms with Gasteiger partial charge in [-0.25, -0.2) is 9.59 Å². The predicted molar refractivity (Wildman–Crippen MR) is 219 cm³/mol. The molecule has 2 aliphatic rings. The third-order valence-corrected chi connectivity index (χ3v) is 10.2. The number of piperidine rings is 2. The highest BCUT2D eigenvalue weighted by Gasteiger charge is 2.32. The average molecular weight is 823 g/mol. The van der Waals surface area contributed by atoms with Crippen molar-refractivity contribution in [1.82, 2.24) is 0 Å². The largest absolute Gasteiger partial charge is 0.546 e. The second-order valence-corrected chi connectivity index (χ2v) is 14.8. The summed E-state index contributed by atoms with van der Waals surface area (Å²) in [5.41, 5.74) is 6.45. The van der Waals surface area contributed by atoms with Crippen molar-refractivity contribution in [3.05, 3.63) is 130 Å². The molecule has 14 nitrogen and oxygen atoms in total. The summed E-state index contributed by atoms with van der Waals surface area (Å²) < 4.78 is 9.32. The second-order valence-electron chi connectivity index (χ2n) is 14.8. The van der Waals surface area contributed by atoms with E-state index in [2.05, 4.69) is 30.7 Å². The molecule has 4 atom stereocenters. The van der Waals surface area contributed by atoms with E-state index >= 15 is 0 Å². The molecule has 318 valence electrons. The molecule has 2 amide bonds. The van der Waals surface area contributed by atoms with Gasteiger partial charge in [0, 0.05) is 24.2 Å². The van der Waals surface area contributed by atoms with E-state index < -0.39 is 36.1 Å². The third kappa shape index (κ3) is 13.9. The predicted octanol–water partition coefficient (Wildman–Crippen LogP) is 1.65. The van der Waals surface area contributed by atoms with Crippen molar-refractivity contribution >= 4 is 47.1 Å². The number of carbonyl (C=O) groups is 6. The van der Waals surface area contributed by atoms with Crippen LogP contribution in [0.5, 0.6) is 0 Å². The number of anilines is 2. The van der Waals surface area contributed by atoms with E-state index in [0.29, 0.717) is 0 Å². The quantitative estimate of drug-likeness (QED) is 0.160. The molecule has 6 rings (SSSR count). The van der Waals surface area contributed by atoms with Crippen molar-refractivity contribution in [2.45, 2.75) is 90.5 Å². The molecular formula is C46H54N4O10. The molecule has 2 heterocycles. The average Bonchev–Trinajstić information content (AvgIpc) is 3.26. The lowest BCUT2D eigenvalue weighted by Crippen LogP contribution is -2.93. The first kappa shape index (κ1) is 46.3. The molecule has 0 spiro atoms. The van der Waals surface area contributed by atoms with Crippen LogP contribution in [0.3, 0.4) is 0 Å². The number of amides is 2. The molecule has 0 unspecified atom stereocenters. The number of carboxylic acids is 2. The number of nitrogens with two attached hydrogens (primary N) is 2. The van der Waals surface area contributed by atoms with Crippen molar-refractivity contribution in [1.29, 1.82) is 0 Å². The molecule has 0 saturated carbocycles. The van der Waals surface area contributed by atoms with Crippen molar-refractivity contribution < 1.29 is 59.1 Å². The third-order valence-electron chi connectivity index (χ3n) is 10.2. The van der Waals surface area contributed by atoms with Gasteiger partial charge in [-0.05, 0) is 99.9 Å². The SMILES string of the molecule is Cc1cccc(C)c1NC(=O)[C@@H]1CCCC[NH2+]1.Cc1cccc(C)c1NC(=O)[C@@H]1CCCC[NH2+]1.O=C(O[C@@H](C(=O)[O-])[C@@H](OC(=O)c1ccccc1)C(=O)[O-])c1ccccc1. The van der Waals surface area contributed by atoms with E-state index in [-0.39, 0.29) is 35.0 Å². The number of quaternary nitrogens is 2. The molecule has 2 saturated heterocycles. The Morgan fingerprint density at radius 3 is 1.13 bits per heavy atom. The number of ether oxygens (including phenoxy) is 2. The molecule has 4 aromatic carbocycles. The van der Waals surface area contributed by atoms with Crippen LogP contribution in [0, 0.1) is 27.7 Å². The van der Waals surface area contributed by atoms with Gasteiger partial charge in [-0.2, -0.15) is 0 Å². The Morgan fingerprint density at radius 2 is 0.850 bits per heavy atom. The van der Waals surface area contributed by atoms with E-state index in [1.807, 2.05) is 64.1 Å². The number of hydrogen-bond donors (Lipinski definition) is 4. The number of rotatable bonds is 11. The fourth-order valence-electron chi connectivity index (χ4n) is 6.80. The number of carboxylic acid groups (broad SMARTS) is 2. The first-order valence-corrected chi connectivity index (χ1v) is 20.1. The summed E-state index contributed by atoms with van der Waals surface area (Å²) in [6, 6.07) is 26.9. The Kier molecular flexibility index (Phi) is 18.0. The molecule has 2 fully saturated rings. The maximum atomic E-state index is 12.1. The number of aliphatic carboxylic acids is 2. The van der Waals surface area contributed by atoms with E-state index in [9.17, 15) is 39.0 Å². The van der Waals surface area contributed by atoms with Crippen molar-refractivity contribution in [3.8, 4) is 0 Å². The van der Waals surface area contributed by atoms with Crippen molar-refractivity contribution in [2.24, 2.45) is 0 Å². The second kappa shape index (κ2) is 23.3. The molecule has 0 aliphatic carbocycles. The van der Waals surface area contributed by atoms with Crippen LogP contribution in [0.4, 0.5) is 11.4 Å². The molecule has 6 N–H and O–H groups in total. The number of nitrogens with one attached hydrogen (secondary N) is 2. The first-order chi connectivity index (χ1) is 28.8. The summed E-state index contributed by atoms with van der Waals surface area (Å²) in [5, 5.41) is 33.0. The molecule has 60 heavy (non-hydrogen) atoms. The molecule has 0 aromatic heterocycles. The minimum absolute atomic E-state index is 0.0229. The zero-order chi connectivity index (χ0) is 43.6. The van der Waals surface area contributed by atoms with Gasteiger partial charge in [0.2, 0.25) is 0 Å². The van der Waals surface area contributed by atoms with Gasteiger partial charge in [0.15, 0.2) is 24.3 Å². The van der Waals surface area contributed by atoms with E-state index in [0.717, 1.165) is 59.6 Å². The van der Waals surface area contributed by atoms with Crippen LogP contribution in [0.1, 0.15) is 81.5 Å². The zero-order valence-corrected chi connectivity index (χ0v) is 34.4. The van der Waals surface area contributed by atoms with Gasteiger partial charge in [-0.1, -0.05) is 72.8 Å². The Balaban J connectivity index is 0.000000206. The Hall–Kier alpha value is -6.38. The van der Waals surface area contributed by atoms with Crippen molar-refractivity contribution in [2.75, 3.05) is 23.7 Å². The fourth-order valence-corrected chi connectivity index (χ4v) is 6.80. The highest BCUT2D eigenvalue weighted by Crippen LogP contribution is 2.21.